The molecule has 3 aromatic heterocycles. The van der Waals surface area contributed by atoms with E-state index in [1.807, 2.05) is 57.4 Å². The molecular weight excluding hydrogens is 416 g/mol. The Kier molecular flexibility index (Phi) is 6.09. The minimum absolute atomic E-state index is 0.163. The van der Waals surface area contributed by atoms with Gasteiger partial charge in [0, 0.05) is 30.9 Å². The molecule has 4 aromatic rings. The van der Waals surface area contributed by atoms with Gasteiger partial charge in [0.05, 0.1) is 22.6 Å². The van der Waals surface area contributed by atoms with Crippen molar-refractivity contribution in [3.63, 3.8) is 0 Å². The number of benzene rings is 1. The van der Waals surface area contributed by atoms with Crippen molar-refractivity contribution >= 4 is 0 Å². The van der Waals surface area contributed by atoms with Crippen LogP contribution in [0.15, 0.2) is 47.5 Å². The second kappa shape index (κ2) is 8.97. The molecule has 8 heteroatoms. The van der Waals surface area contributed by atoms with Gasteiger partial charge < -0.3 is 4.74 Å². The van der Waals surface area contributed by atoms with E-state index in [2.05, 4.69) is 28.9 Å². The van der Waals surface area contributed by atoms with E-state index in [9.17, 15) is 4.79 Å². The van der Waals surface area contributed by atoms with Gasteiger partial charge in [-0.2, -0.15) is 10.1 Å². The summed E-state index contributed by atoms with van der Waals surface area (Å²) in [7, 11) is 1.85. The minimum Gasteiger partial charge on any atom is -0.471 e. The first-order valence-electron chi connectivity index (χ1n) is 10.9. The fraction of sp³-hybridized carbons (Fsp3) is 0.320. The second-order valence-electron chi connectivity index (χ2n) is 8.46. The summed E-state index contributed by atoms with van der Waals surface area (Å²) in [4.78, 5) is 27.0. The third kappa shape index (κ3) is 4.55. The summed E-state index contributed by atoms with van der Waals surface area (Å²) in [5.74, 6) is 1.89. The molecule has 0 N–H and O–H groups in total. The van der Waals surface area contributed by atoms with Crippen LogP contribution < -0.4 is 10.3 Å². The quantitative estimate of drug-likeness (QED) is 0.446. The summed E-state index contributed by atoms with van der Waals surface area (Å²) in [5, 5.41) is 4.30. The van der Waals surface area contributed by atoms with Crippen LogP contribution in [0.4, 0.5) is 0 Å². The first kappa shape index (κ1) is 22.4. The molecule has 170 valence electrons. The van der Waals surface area contributed by atoms with E-state index in [0.717, 1.165) is 34.0 Å². The fourth-order valence-electron chi connectivity index (χ4n) is 3.62. The molecular formula is C25H28N6O2. The molecule has 0 unspecified atom stereocenters. The van der Waals surface area contributed by atoms with Crippen molar-refractivity contribution in [3.05, 3.63) is 81.5 Å². The highest BCUT2D eigenvalue weighted by Crippen LogP contribution is 2.25. The first-order chi connectivity index (χ1) is 15.7. The Bertz CT molecular complexity index is 1370. The van der Waals surface area contributed by atoms with Crippen LogP contribution in [0.2, 0.25) is 0 Å². The van der Waals surface area contributed by atoms with Gasteiger partial charge in [-0.05, 0) is 44.5 Å². The highest BCUT2D eigenvalue weighted by atomic mass is 16.5. The third-order valence-corrected chi connectivity index (χ3v) is 5.49. The van der Waals surface area contributed by atoms with Gasteiger partial charge in [-0.25, -0.2) is 9.97 Å². The Morgan fingerprint density at radius 2 is 1.85 bits per heavy atom. The molecule has 0 spiro atoms. The van der Waals surface area contributed by atoms with Gasteiger partial charge in [0.2, 0.25) is 5.88 Å². The molecule has 0 aliphatic heterocycles. The lowest BCUT2D eigenvalue weighted by molar-refractivity contribution is 0.283. The van der Waals surface area contributed by atoms with E-state index in [1.54, 1.807) is 22.4 Å². The van der Waals surface area contributed by atoms with Crippen molar-refractivity contribution in [2.75, 3.05) is 0 Å². The highest BCUT2D eigenvalue weighted by Gasteiger charge is 2.17. The van der Waals surface area contributed by atoms with Crippen LogP contribution in [0.5, 0.6) is 5.88 Å². The Morgan fingerprint density at radius 3 is 2.55 bits per heavy atom. The molecule has 0 radical (unpaired) electrons. The standard InChI is InChI=1S/C25H28N6O2/c1-15(2)23-26-11-9-21(28-23)19-8-7-16(3)22(13-19)31-18(5)27-24(17(4)25(31)32)33-14-20-10-12-30(6)29-20/h7-13,15H,14H2,1-6H3. The molecule has 0 aliphatic rings. The zero-order valence-electron chi connectivity index (χ0n) is 19.8. The number of hydrogen-bond donors (Lipinski definition) is 0. The van der Waals surface area contributed by atoms with Gasteiger partial charge >= 0.3 is 0 Å². The van der Waals surface area contributed by atoms with Crippen LogP contribution in [0, 0.1) is 20.8 Å². The predicted octanol–water partition coefficient (Wildman–Crippen LogP) is 4.05. The van der Waals surface area contributed by atoms with Crippen molar-refractivity contribution in [3.8, 4) is 22.8 Å². The van der Waals surface area contributed by atoms with Crippen molar-refractivity contribution in [1.82, 2.24) is 29.3 Å². The number of aryl methyl sites for hydroxylation is 3. The average molecular weight is 445 g/mol. The molecule has 0 bridgehead atoms. The highest BCUT2D eigenvalue weighted by molar-refractivity contribution is 5.64. The van der Waals surface area contributed by atoms with E-state index >= 15 is 0 Å². The van der Waals surface area contributed by atoms with Gasteiger partial charge in [0.15, 0.2) is 0 Å². The van der Waals surface area contributed by atoms with Crippen LogP contribution in [-0.4, -0.2) is 29.3 Å². The Balaban J connectivity index is 1.73. The average Bonchev–Trinajstić information content (AvgIpc) is 3.21. The Hall–Kier alpha value is -3.81. The predicted molar refractivity (Wildman–Crippen MR) is 127 cm³/mol. The summed E-state index contributed by atoms with van der Waals surface area (Å²) in [5.41, 5.74) is 4.53. The van der Waals surface area contributed by atoms with Gasteiger partial charge in [0.1, 0.15) is 18.3 Å². The molecule has 3 heterocycles. The van der Waals surface area contributed by atoms with Crippen molar-refractivity contribution in [1.29, 1.82) is 0 Å². The Morgan fingerprint density at radius 1 is 1.06 bits per heavy atom. The smallest absolute Gasteiger partial charge is 0.264 e. The molecule has 0 atom stereocenters. The maximum Gasteiger partial charge on any atom is 0.264 e. The molecule has 1 aromatic carbocycles. The topological polar surface area (TPSA) is 87.7 Å². The van der Waals surface area contributed by atoms with Crippen LogP contribution in [0.3, 0.4) is 0 Å². The van der Waals surface area contributed by atoms with Crippen LogP contribution in [0.1, 0.15) is 48.2 Å². The van der Waals surface area contributed by atoms with E-state index in [1.165, 1.54) is 0 Å². The summed E-state index contributed by atoms with van der Waals surface area (Å²) in [6, 6.07) is 9.74. The minimum atomic E-state index is -0.163. The monoisotopic (exact) mass is 444 g/mol. The van der Waals surface area contributed by atoms with Gasteiger partial charge in [-0.1, -0.05) is 26.0 Å². The van der Waals surface area contributed by atoms with Crippen LogP contribution in [0.25, 0.3) is 16.9 Å². The number of rotatable bonds is 6. The van der Waals surface area contributed by atoms with E-state index in [-0.39, 0.29) is 18.1 Å². The molecule has 33 heavy (non-hydrogen) atoms. The molecule has 0 saturated heterocycles. The van der Waals surface area contributed by atoms with Gasteiger partial charge in [0.25, 0.3) is 5.56 Å². The molecule has 0 saturated carbocycles. The van der Waals surface area contributed by atoms with E-state index in [0.29, 0.717) is 17.3 Å². The molecule has 0 fully saturated rings. The number of ether oxygens (including phenoxy) is 1. The fourth-order valence-corrected chi connectivity index (χ4v) is 3.62. The van der Waals surface area contributed by atoms with Gasteiger partial charge in [-0.15, -0.1) is 0 Å². The Labute approximate surface area is 192 Å². The summed E-state index contributed by atoms with van der Waals surface area (Å²) in [6.45, 7) is 9.89. The van der Waals surface area contributed by atoms with Crippen LogP contribution >= 0.6 is 0 Å². The summed E-state index contributed by atoms with van der Waals surface area (Å²) in [6.07, 6.45) is 3.62. The van der Waals surface area contributed by atoms with Gasteiger partial charge in [-0.3, -0.25) is 14.0 Å². The second-order valence-corrected chi connectivity index (χ2v) is 8.46. The van der Waals surface area contributed by atoms with E-state index < -0.39 is 0 Å². The summed E-state index contributed by atoms with van der Waals surface area (Å²) >= 11 is 0. The molecule has 8 nitrogen and oxygen atoms in total. The first-order valence-corrected chi connectivity index (χ1v) is 10.9. The lowest BCUT2D eigenvalue weighted by atomic mass is 10.1. The zero-order valence-corrected chi connectivity index (χ0v) is 19.8. The largest absolute Gasteiger partial charge is 0.471 e. The lowest BCUT2D eigenvalue weighted by Crippen LogP contribution is -2.26. The normalized spacial score (nSPS) is 11.2. The van der Waals surface area contributed by atoms with Crippen LogP contribution in [-0.2, 0) is 13.7 Å². The molecule has 4 rings (SSSR count). The maximum atomic E-state index is 13.4. The molecule has 0 amide bonds. The van der Waals surface area contributed by atoms with Crippen molar-refractivity contribution < 1.29 is 4.74 Å². The number of hydrogen-bond acceptors (Lipinski definition) is 6. The zero-order chi connectivity index (χ0) is 23.7. The SMILES string of the molecule is Cc1ccc(-c2ccnc(C(C)C)n2)cc1-n1c(C)nc(OCc2ccn(C)n2)c(C)c1=O. The van der Waals surface area contributed by atoms with E-state index in [4.69, 9.17) is 9.72 Å². The number of nitrogens with zero attached hydrogens (tertiary/aromatic N) is 6. The molecule has 0 aliphatic carbocycles. The van der Waals surface area contributed by atoms with Crippen molar-refractivity contribution in [2.24, 2.45) is 7.05 Å². The lowest BCUT2D eigenvalue weighted by Gasteiger charge is -2.16. The number of aromatic nitrogens is 6. The maximum absolute atomic E-state index is 13.4. The summed E-state index contributed by atoms with van der Waals surface area (Å²) < 4.78 is 9.17. The van der Waals surface area contributed by atoms with Crippen molar-refractivity contribution in [2.45, 2.75) is 47.1 Å². The third-order valence-electron chi connectivity index (χ3n) is 5.49.